The van der Waals surface area contributed by atoms with Gasteiger partial charge in [0.15, 0.2) is 0 Å². The minimum atomic E-state index is -0.106. The van der Waals surface area contributed by atoms with Crippen molar-refractivity contribution in [1.82, 2.24) is 5.32 Å². The molecule has 1 atom stereocenters. The van der Waals surface area contributed by atoms with E-state index in [1.165, 1.54) is 6.42 Å². The minimum Gasteiger partial charge on any atom is -0.383 e. The third-order valence-corrected chi connectivity index (χ3v) is 3.84. The quantitative estimate of drug-likeness (QED) is 0.811. The molecule has 1 heterocycles. The van der Waals surface area contributed by atoms with E-state index < -0.39 is 0 Å². The number of nitrogens with zero attached hydrogens (tertiary/aromatic N) is 1. The van der Waals surface area contributed by atoms with Crippen LogP contribution in [0, 0.1) is 11.7 Å². The van der Waals surface area contributed by atoms with Crippen molar-refractivity contribution in [3.8, 4) is 0 Å². The zero-order valence-corrected chi connectivity index (χ0v) is 12.5. The van der Waals surface area contributed by atoms with E-state index in [2.05, 4.69) is 17.1 Å². The molecule has 0 spiro atoms. The highest BCUT2D eigenvalue weighted by atomic mass is 19.1. The number of hydrogen-bond donors (Lipinski definition) is 1. The van der Waals surface area contributed by atoms with Crippen molar-refractivity contribution < 1.29 is 9.13 Å². The second-order valence-electron chi connectivity index (χ2n) is 5.61. The molecule has 0 saturated carbocycles. The van der Waals surface area contributed by atoms with Gasteiger partial charge in [0.2, 0.25) is 0 Å². The summed E-state index contributed by atoms with van der Waals surface area (Å²) in [5.41, 5.74) is 1.82. The molecule has 112 valence electrons. The van der Waals surface area contributed by atoms with Gasteiger partial charge >= 0.3 is 0 Å². The molecule has 0 bridgehead atoms. The molecule has 3 nitrogen and oxygen atoms in total. The van der Waals surface area contributed by atoms with Crippen molar-refractivity contribution in [2.45, 2.75) is 26.3 Å². The Morgan fingerprint density at radius 3 is 3.05 bits per heavy atom. The summed E-state index contributed by atoms with van der Waals surface area (Å²) in [6.07, 6.45) is 2.39. The van der Waals surface area contributed by atoms with Crippen LogP contribution in [-0.4, -0.2) is 33.4 Å². The van der Waals surface area contributed by atoms with Gasteiger partial charge in [-0.2, -0.15) is 0 Å². The molecule has 1 aliphatic heterocycles. The van der Waals surface area contributed by atoms with Crippen LogP contribution in [-0.2, 0) is 11.3 Å². The Kier molecular flexibility index (Phi) is 5.80. The molecule has 1 unspecified atom stereocenters. The highest BCUT2D eigenvalue weighted by molar-refractivity contribution is 5.55. The van der Waals surface area contributed by atoms with Gasteiger partial charge in [-0.25, -0.2) is 4.39 Å². The Balaban J connectivity index is 2.09. The highest BCUT2D eigenvalue weighted by Crippen LogP contribution is 2.29. The SMILES string of the molecule is COCCNCc1cccc(F)c1N1CCCC(C)C1. The van der Waals surface area contributed by atoms with Gasteiger partial charge in [0.25, 0.3) is 0 Å². The summed E-state index contributed by atoms with van der Waals surface area (Å²) < 4.78 is 19.3. The Labute approximate surface area is 121 Å². The standard InChI is InChI=1S/C16H25FN2O/c1-13-5-4-9-19(12-13)16-14(6-3-7-15(16)17)11-18-8-10-20-2/h3,6-7,13,18H,4-5,8-12H2,1-2H3. The first-order valence-corrected chi connectivity index (χ1v) is 7.44. The summed E-state index contributed by atoms with van der Waals surface area (Å²) in [5.74, 6) is 0.530. The van der Waals surface area contributed by atoms with Gasteiger partial charge in [0, 0.05) is 33.3 Å². The number of benzene rings is 1. The fraction of sp³-hybridized carbons (Fsp3) is 0.625. The zero-order valence-electron chi connectivity index (χ0n) is 12.5. The van der Waals surface area contributed by atoms with E-state index >= 15 is 0 Å². The summed E-state index contributed by atoms with van der Waals surface area (Å²) in [5, 5.41) is 3.30. The Morgan fingerprint density at radius 1 is 1.45 bits per heavy atom. The predicted octanol–water partition coefficient (Wildman–Crippen LogP) is 2.80. The van der Waals surface area contributed by atoms with E-state index in [9.17, 15) is 4.39 Å². The van der Waals surface area contributed by atoms with Gasteiger partial charge in [-0.1, -0.05) is 19.1 Å². The van der Waals surface area contributed by atoms with E-state index in [0.717, 1.165) is 37.3 Å². The lowest BCUT2D eigenvalue weighted by molar-refractivity contribution is 0.199. The number of halogens is 1. The predicted molar refractivity (Wildman–Crippen MR) is 80.6 cm³/mol. The average molecular weight is 280 g/mol. The summed E-state index contributed by atoms with van der Waals surface area (Å²) in [6, 6.07) is 5.37. The van der Waals surface area contributed by atoms with Crippen molar-refractivity contribution in [2.75, 3.05) is 38.3 Å². The second kappa shape index (κ2) is 7.60. The third-order valence-electron chi connectivity index (χ3n) is 3.84. The maximum atomic E-state index is 14.2. The molecule has 1 aromatic carbocycles. The number of rotatable bonds is 6. The second-order valence-corrected chi connectivity index (χ2v) is 5.61. The van der Waals surface area contributed by atoms with Crippen LogP contribution in [0.3, 0.4) is 0 Å². The summed E-state index contributed by atoms with van der Waals surface area (Å²) >= 11 is 0. The largest absolute Gasteiger partial charge is 0.383 e. The number of piperidine rings is 1. The van der Waals surface area contributed by atoms with Crippen molar-refractivity contribution in [3.05, 3.63) is 29.6 Å². The van der Waals surface area contributed by atoms with Crippen LogP contribution in [0.25, 0.3) is 0 Å². The zero-order chi connectivity index (χ0) is 14.4. The molecule has 1 fully saturated rings. The summed E-state index contributed by atoms with van der Waals surface area (Å²) in [6.45, 7) is 6.28. The first-order chi connectivity index (χ1) is 9.72. The Bertz CT molecular complexity index is 425. The molecule has 1 aliphatic rings. The van der Waals surface area contributed by atoms with E-state index in [1.54, 1.807) is 19.2 Å². The lowest BCUT2D eigenvalue weighted by Crippen LogP contribution is -2.36. The lowest BCUT2D eigenvalue weighted by atomic mass is 9.98. The Hall–Kier alpha value is -1.13. The monoisotopic (exact) mass is 280 g/mol. The molecule has 0 aromatic heterocycles. The first-order valence-electron chi connectivity index (χ1n) is 7.44. The average Bonchev–Trinajstić information content (AvgIpc) is 2.44. The topological polar surface area (TPSA) is 24.5 Å². The number of hydrogen-bond acceptors (Lipinski definition) is 3. The molecular formula is C16H25FN2O. The first kappa shape index (κ1) is 15.3. The molecule has 0 aliphatic carbocycles. The fourth-order valence-corrected chi connectivity index (χ4v) is 2.85. The third kappa shape index (κ3) is 3.93. The van der Waals surface area contributed by atoms with Gasteiger partial charge in [0.1, 0.15) is 5.82 Å². The van der Waals surface area contributed by atoms with Gasteiger partial charge in [-0.15, -0.1) is 0 Å². The van der Waals surface area contributed by atoms with Crippen LogP contribution in [0.15, 0.2) is 18.2 Å². The molecule has 1 saturated heterocycles. The normalized spacial score (nSPS) is 19.4. The maximum Gasteiger partial charge on any atom is 0.146 e. The molecular weight excluding hydrogens is 255 g/mol. The minimum absolute atomic E-state index is 0.106. The van der Waals surface area contributed by atoms with Crippen molar-refractivity contribution in [2.24, 2.45) is 5.92 Å². The van der Waals surface area contributed by atoms with Crippen LogP contribution >= 0.6 is 0 Å². The Morgan fingerprint density at radius 2 is 2.30 bits per heavy atom. The van der Waals surface area contributed by atoms with E-state index in [0.29, 0.717) is 19.1 Å². The lowest BCUT2D eigenvalue weighted by Gasteiger charge is -2.34. The molecule has 0 radical (unpaired) electrons. The molecule has 1 N–H and O–H groups in total. The number of anilines is 1. The van der Waals surface area contributed by atoms with Gasteiger partial charge in [-0.3, -0.25) is 0 Å². The van der Waals surface area contributed by atoms with Gasteiger partial charge in [0.05, 0.1) is 12.3 Å². The molecule has 0 amide bonds. The fourth-order valence-electron chi connectivity index (χ4n) is 2.85. The molecule has 4 heteroatoms. The molecule has 20 heavy (non-hydrogen) atoms. The van der Waals surface area contributed by atoms with Gasteiger partial charge in [-0.05, 0) is 30.4 Å². The van der Waals surface area contributed by atoms with E-state index in [1.807, 2.05) is 6.07 Å². The van der Waals surface area contributed by atoms with E-state index in [4.69, 9.17) is 4.74 Å². The van der Waals surface area contributed by atoms with Crippen LogP contribution in [0.1, 0.15) is 25.3 Å². The van der Waals surface area contributed by atoms with Crippen LogP contribution < -0.4 is 10.2 Å². The summed E-state index contributed by atoms with van der Waals surface area (Å²) in [7, 11) is 1.68. The molecule has 1 aromatic rings. The van der Waals surface area contributed by atoms with Crippen LogP contribution in [0.4, 0.5) is 10.1 Å². The highest BCUT2D eigenvalue weighted by Gasteiger charge is 2.21. The van der Waals surface area contributed by atoms with Gasteiger partial charge < -0.3 is 15.0 Å². The smallest absolute Gasteiger partial charge is 0.146 e. The molecule has 2 rings (SSSR count). The number of para-hydroxylation sites is 1. The van der Waals surface area contributed by atoms with Crippen molar-refractivity contribution in [3.63, 3.8) is 0 Å². The van der Waals surface area contributed by atoms with Crippen molar-refractivity contribution >= 4 is 5.69 Å². The summed E-state index contributed by atoms with van der Waals surface area (Å²) in [4.78, 5) is 2.21. The van der Waals surface area contributed by atoms with Crippen LogP contribution in [0.5, 0.6) is 0 Å². The van der Waals surface area contributed by atoms with E-state index in [-0.39, 0.29) is 5.82 Å². The number of methoxy groups -OCH3 is 1. The number of ether oxygens (including phenoxy) is 1. The van der Waals surface area contributed by atoms with Crippen LogP contribution in [0.2, 0.25) is 0 Å². The van der Waals surface area contributed by atoms with Crippen molar-refractivity contribution in [1.29, 1.82) is 0 Å². The maximum absolute atomic E-state index is 14.2. The number of nitrogens with one attached hydrogen (secondary N) is 1.